The van der Waals surface area contributed by atoms with Crippen LogP contribution in [0.4, 0.5) is 8.78 Å². The van der Waals surface area contributed by atoms with Gasteiger partial charge in [-0.25, -0.2) is 23.2 Å². The summed E-state index contributed by atoms with van der Waals surface area (Å²) in [6.45, 7) is -0.122. The average molecular weight is 441 g/mol. The second kappa shape index (κ2) is 9.67. The Morgan fingerprint density at radius 3 is 2.37 bits per heavy atom. The smallest absolute Gasteiger partial charge is 0.446 e. The van der Waals surface area contributed by atoms with Crippen LogP contribution in [0.3, 0.4) is 0 Å². The summed E-state index contributed by atoms with van der Waals surface area (Å²) in [4.78, 5) is 25.8. The number of carboxylic acid groups (broad SMARTS) is 1. The molecule has 0 amide bonds. The summed E-state index contributed by atoms with van der Waals surface area (Å²) < 4.78 is 60.1. The Bertz CT molecular complexity index is 1150. The predicted octanol–water partition coefficient (Wildman–Crippen LogP) is 2.01. The van der Waals surface area contributed by atoms with Crippen LogP contribution in [0.2, 0.25) is 0 Å². The molecule has 0 saturated carbocycles. The van der Waals surface area contributed by atoms with E-state index in [0.29, 0.717) is 6.07 Å². The summed E-state index contributed by atoms with van der Waals surface area (Å²) in [5.41, 5.74) is -0.498. The van der Waals surface area contributed by atoms with E-state index in [1.54, 1.807) is 0 Å². The molecule has 0 atom stereocenters. The maximum absolute atomic E-state index is 13.2. The van der Waals surface area contributed by atoms with E-state index < -0.39 is 39.5 Å². The standard InChI is InChI=1S/C10H7F2N3O.C7H6O6S/c11-7-1-2-8(9(12)3-7)10(16)4-15-6-13-5-14-15;8-7(9)5-3-1-2-4-6(5)13-14(10,11)12/h1-3,5-6H,4H2;1-4H,(H,8,9)(H,10,11,12). The number of aromatic nitrogens is 3. The van der Waals surface area contributed by atoms with Crippen molar-refractivity contribution in [2.45, 2.75) is 6.54 Å². The van der Waals surface area contributed by atoms with Gasteiger partial charge in [-0.2, -0.15) is 13.5 Å². The lowest BCUT2D eigenvalue weighted by molar-refractivity contribution is 0.0694. The zero-order chi connectivity index (χ0) is 22.3. The highest BCUT2D eigenvalue weighted by molar-refractivity contribution is 7.81. The first kappa shape index (κ1) is 22.6. The number of carbonyl (C=O) groups is 2. The highest BCUT2D eigenvalue weighted by Crippen LogP contribution is 2.19. The molecule has 1 heterocycles. The van der Waals surface area contributed by atoms with Crippen LogP contribution in [0.25, 0.3) is 0 Å². The predicted molar refractivity (Wildman–Crippen MR) is 96.3 cm³/mol. The molecular weight excluding hydrogens is 428 g/mol. The molecule has 0 aliphatic carbocycles. The van der Waals surface area contributed by atoms with Crippen molar-refractivity contribution in [1.29, 1.82) is 0 Å². The second-order valence-electron chi connectivity index (χ2n) is 5.45. The van der Waals surface area contributed by atoms with E-state index >= 15 is 0 Å². The molecule has 2 aromatic carbocycles. The first-order valence-corrected chi connectivity index (χ1v) is 9.23. The zero-order valence-corrected chi connectivity index (χ0v) is 15.7. The van der Waals surface area contributed by atoms with Crippen LogP contribution >= 0.6 is 0 Å². The lowest BCUT2D eigenvalue weighted by Crippen LogP contribution is -2.12. The van der Waals surface area contributed by atoms with E-state index in [1.807, 2.05) is 0 Å². The third-order valence-electron chi connectivity index (χ3n) is 3.32. The molecule has 0 aliphatic heterocycles. The Balaban J connectivity index is 0.000000216. The van der Waals surface area contributed by atoms with Gasteiger partial charge in [0.25, 0.3) is 0 Å². The third kappa shape index (κ3) is 6.72. The molecule has 0 aliphatic rings. The van der Waals surface area contributed by atoms with Gasteiger partial charge in [-0.05, 0) is 24.3 Å². The first-order chi connectivity index (χ1) is 14.1. The van der Waals surface area contributed by atoms with Crippen molar-refractivity contribution in [2.24, 2.45) is 0 Å². The Morgan fingerprint density at radius 2 is 1.80 bits per heavy atom. The van der Waals surface area contributed by atoms with Gasteiger partial charge in [0.1, 0.15) is 36.4 Å². The van der Waals surface area contributed by atoms with E-state index in [-0.39, 0.29) is 17.7 Å². The summed E-state index contributed by atoms with van der Waals surface area (Å²) in [5.74, 6) is -3.84. The molecule has 0 spiro atoms. The summed E-state index contributed by atoms with van der Waals surface area (Å²) in [6.07, 6.45) is 2.62. The van der Waals surface area contributed by atoms with E-state index in [1.165, 1.54) is 29.5 Å². The van der Waals surface area contributed by atoms with Gasteiger partial charge >= 0.3 is 16.4 Å². The molecular formula is C17H13F2N3O7S. The number of ketones is 1. The second-order valence-corrected chi connectivity index (χ2v) is 6.47. The minimum absolute atomic E-state index is 0.122. The summed E-state index contributed by atoms with van der Waals surface area (Å²) in [7, 11) is -4.70. The van der Waals surface area contributed by atoms with Crippen LogP contribution < -0.4 is 4.18 Å². The minimum Gasteiger partial charge on any atom is -0.478 e. The van der Waals surface area contributed by atoms with E-state index in [0.717, 1.165) is 24.3 Å². The number of para-hydroxylation sites is 1. The Kier molecular flexibility index (Phi) is 7.27. The van der Waals surface area contributed by atoms with Crippen molar-refractivity contribution >= 4 is 22.2 Å². The van der Waals surface area contributed by atoms with Gasteiger partial charge in [0.2, 0.25) is 0 Å². The molecule has 3 rings (SSSR count). The molecule has 10 nitrogen and oxygen atoms in total. The third-order valence-corrected chi connectivity index (χ3v) is 3.71. The highest BCUT2D eigenvalue weighted by atomic mass is 32.3. The number of Topliss-reactive ketones (excluding diaryl/α,β-unsaturated/α-hetero) is 1. The number of halogens is 2. The van der Waals surface area contributed by atoms with Crippen molar-refractivity contribution in [1.82, 2.24) is 14.8 Å². The number of aromatic carboxylic acids is 1. The number of hydrogen-bond donors (Lipinski definition) is 2. The van der Waals surface area contributed by atoms with Crippen molar-refractivity contribution < 1.29 is 40.6 Å². The van der Waals surface area contributed by atoms with Gasteiger partial charge in [-0.1, -0.05) is 12.1 Å². The number of rotatable bonds is 6. The largest absolute Gasteiger partial charge is 0.478 e. The lowest BCUT2D eigenvalue weighted by Gasteiger charge is -2.03. The Labute approximate surface area is 168 Å². The molecule has 1 aromatic heterocycles. The number of nitrogens with zero attached hydrogens (tertiary/aromatic N) is 3. The monoisotopic (exact) mass is 441 g/mol. The van der Waals surface area contributed by atoms with Gasteiger partial charge in [-0.3, -0.25) is 9.35 Å². The van der Waals surface area contributed by atoms with Crippen molar-refractivity contribution in [3.8, 4) is 5.75 Å². The fraction of sp³-hybridized carbons (Fsp3) is 0.0588. The van der Waals surface area contributed by atoms with Gasteiger partial charge in [0.15, 0.2) is 11.5 Å². The molecule has 3 aromatic rings. The number of benzene rings is 2. The van der Waals surface area contributed by atoms with Crippen LogP contribution in [0.15, 0.2) is 55.1 Å². The summed E-state index contributed by atoms with van der Waals surface area (Å²) in [6, 6.07) is 7.89. The van der Waals surface area contributed by atoms with Crippen molar-refractivity contribution in [3.05, 3.63) is 77.9 Å². The molecule has 30 heavy (non-hydrogen) atoms. The first-order valence-electron chi connectivity index (χ1n) is 7.86. The SMILES string of the molecule is O=C(Cn1cncn1)c1ccc(F)cc1F.O=C(O)c1ccccc1OS(=O)(=O)O. The van der Waals surface area contributed by atoms with Gasteiger partial charge in [0, 0.05) is 6.07 Å². The Morgan fingerprint density at radius 1 is 1.10 bits per heavy atom. The molecule has 0 fully saturated rings. The van der Waals surface area contributed by atoms with Crippen LogP contribution in [0.1, 0.15) is 20.7 Å². The molecule has 13 heteroatoms. The molecule has 0 bridgehead atoms. The summed E-state index contributed by atoms with van der Waals surface area (Å²) in [5, 5.41) is 12.3. The van der Waals surface area contributed by atoms with Gasteiger partial charge in [-0.15, -0.1) is 0 Å². The highest BCUT2D eigenvalue weighted by Gasteiger charge is 2.15. The minimum atomic E-state index is -4.70. The van der Waals surface area contributed by atoms with Gasteiger partial charge < -0.3 is 9.29 Å². The lowest BCUT2D eigenvalue weighted by atomic mass is 10.1. The molecule has 0 saturated heterocycles. The Hall–Kier alpha value is -3.71. The van der Waals surface area contributed by atoms with Crippen LogP contribution in [-0.2, 0) is 16.9 Å². The van der Waals surface area contributed by atoms with Crippen molar-refractivity contribution in [2.75, 3.05) is 0 Å². The molecule has 158 valence electrons. The van der Waals surface area contributed by atoms with E-state index in [2.05, 4.69) is 14.3 Å². The fourth-order valence-electron chi connectivity index (χ4n) is 2.09. The maximum atomic E-state index is 13.2. The molecule has 2 N–H and O–H groups in total. The zero-order valence-electron chi connectivity index (χ0n) is 14.8. The number of carbonyl (C=O) groups excluding carboxylic acids is 1. The molecule has 0 unspecified atom stereocenters. The fourth-order valence-corrected chi connectivity index (χ4v) is 2.46. The van der Waals surface area contributed by atoms with Crippen LogP contribution in [0, 0.1) is 11.6 Å². The topological polar surface area (TPSA) is 149 Å². The van der Waals surface area contributed by atoms with E-state index in [9.17, 15) is 26.8 Å². The maximum Gasteiger partial charge on any atom is 0.446 e. The normalized spacial score (nSPS) is 10.6. The number of hydrogen-bond acceptors (Lipinski definition) is 7. The molecule has 0 radical (unpaired) electrons. The average Bonchev–Trinajstić information content (AvgIpc) is 3.14. The van der Waals surface area contributed by atoms with E-state index in [4.69, 9.17) is 9.66 Å². The van der Waals surface area contributed by atoms with Gasteiger partial charge in [0.05, 0.1) is 5.56 Å². The number of carboxylic acids is 1. The van der Waals surface area contributed by atoms with Crippen molar-refractivity contribution in [3.63, 3.8) is 0 Å². The quantitative estimate of drug-likeness (QED) is 0.433. The van der Waals surface area contributed by atoms with Crippen LogP contribution in [0.5, 0.6) is 5.75 Å². The van der Waals surface area contributed by atoms with Crippen LogP contribution in [-0.4, -0.2) is 44.6 Å². The summed E-state index contributed by atoms with van der Waals surface area (Å²) >= 11 is 0.